The molecule has 2 unspecified atom stereocenters. The van der Waals surface area contributed by atoms with E-state index in [1.165, 1.54) is 24.8 Å². The number of aromatic nitrogens is 1. The number of hydrogen-bond acceptors (Lipinski definition) is 3. The SMILES string of the molecule is CNC(c1ccc2c(c1)oc(=O)n2C)C1CCCC1(C)C. The molecule has 1 aromatic carbocycles. The summed E-state index contributed by atoms with van der Waals surface area (Å²) >= 11 is 0. The second-order valence-corrected chi connectivity index (χ2v) is 6.91. The summed E-state index contributed by atoms with van der Waals surface area (Å²) in [6.07, 6.45) is 3.81. The maximum atomic E-state index is 11.6. The van der Waals surface area contributed by atoms with Gasteiger partial charge in [0.2, 0.25) is 0 Å². The molecule has 3 rings (SSSR count). The molecule has 0 radical (unpaired) electrons. The minimum atomic E-state index is -0.302. The van der Waals surface area contributed by atoms with E-state index in [1.54, 1.807) is 11.6 Å². The molecule has 21 heavy (non-hydrogen) atoms. The van der Waals surface area contributed by atoms with E-state index in [9.17, 15) is 4.79 Å². The van der Waals surface area contributed by atoms with Crippen molar-refractivity contribution >= 4 is 11.1 Å². The van der Waals surface area contributed by atoms with Crippen molar-refractivity contribution in [1.82, 2.24) is 9.88 Å². The van der Waals surface area contributed by atoms with E-state index in [1.807, 2.05) is 19.2 Å². The van der Waals surface area contributed by atoms with Gasteiger partial charge in [-0.25, -0.2) is 4.79 Å². The van der Waals surface area contributed by atoms with Crippen molar-refractivity contribution in [2.24, 2.45) is 18.4 Å². The summed E-state index contributed by atoms with van der Waals surface area (Å²) in [6, 6.07) is 6.43. The van der Waals surface area contributed by atoms with Gasteiger partial charge in [0, 0.05) is 13.1 Å². The normalized spacial score (nSPS) is 22.8. The molecule has 0 spiro atoms. The topological polar surface area (TPSA) is 47.2 Å². The van der Waals surface area contributed by atoms with Crippen LogP contribution >= 0.6 is 0 Å². The number of nitrogens with zero attached hydrogens (tertiary/aromatic N) is 1. The number of hydrogen-bond donors (Lipinski definition) is 1. The fourth-order valence-corrected chi connectivity index (χ4v) is 3.92. The predicted molar refractivity (Wildman–Crippen MR) is 84.4 cm³/mol. The maximum Gasteiger partial charge on any atom is 0.419 e. The summed E-state index contributed by atoms with van der Waals surface area (Å²) in [5.41, 5.74) is 3.08. The van der Waals surface area contributed by atoms with Gasteiger partial charge in [-0.3, -0.25) is 4.57 Å². The number of fused-ring (bicyclic) bond motifs is 1. The predicted octanol–water partition coefficient (Wildman–Crippen LogP) is 3.22. The van der Waals surface area contributed by atoms with Crippen LogP contribution in [0.25, 0.3) is 11.1 Å². The van der Waals surface area contributed by atoms with Gasteiger partial charge in [0.05, 0.1) is 5.52 Å². The molecular weight excluding hydrogens is 264 g/mol. The standard InChI is InChI=1S/C17H24N2O2/c1-17(2)9-5-6-12(17)15(18-3)11-7-8-13-14(10-11)21-16(20)19(13)4/h7-8,10,12,15,18H,5-6,9H2,1-4H3. The molecule has 2 atom stereocenters. The zero-order valence-electron chi connectivity index (χ0n) is 13.3. The van der Waals surface area contributed by atoms with Crippen molar-refractivity contribution in [3.63, 3.8) is 0 Å². The average molecular weight is 288 g/mol. The zero-order valence-corrected chi connectivity index (χ0v) is 13.3. The maximum absolute atomic E-state index is 11.6. The average Bonchev–Trinajstić information content (AvgIpc) is 2.92. The van der Waals surface area contributed by atoms with Gasteiger partial charge in [-0.05, 0) is 48.9 Å². The molecule has 1 aliphatic rings. The highest BCUT2D eigenvalue weighted by Gasteiger charge is 2.39. The highest BCUT2D eigenvalue weighted by atomic mass is 16.4. The Bertz CT molecular complexity index is 711. The monoisotopic (exact) mass is 288 g/mol. The molecule has 1 saturated carbocycles. The van der Waals surface area contributed by atoms with Gasteiger partial charge in [-0.1, -0.05) is 26.3 Å². The molecule has 0 saturated heterocycles. The summed E-state index contributed by atoms with van der Waals surface area (Å²) in [7, 11) is 3.76. The van der Waals surface area contributed by atoms with E-state index in [2.05, 4.69) is 25.2 Å². The van der Waals surface area contributed by atoms with Crippen LogP contribution in [-0.4, -0.2) is 11.6 Å². The smallest absolute Gasteiger partial charge is 0.408 e. The number of nitrogens with one attached hydrogen (secondary N) is 1. The largest absolute Gasteiger partial charge is 0.419 e. The Balaban J connectivity index is 2.03. The Hall–Kier alpha value is -1.55. The first-order valence-electron chi connectivity index (χ1n) is 7.71. The molecule has 1 fully saturated rings. The molecule has 4 nitrogen and oxygen atoms in total. The zero-order chi connectivity index (χ0) is 15.2. The van der Waals surface area contributed by atoms with Gasteiger partial charge < -0.3 is 9.73 Å². The molecule has 0 amide bonds. The van der Waals surface area contributed by atoms with Crippen LogP contribution in [0.15, 0.2) is 27.4 Å². The molecule has 2 aromatic rings. The van der Waals surface area contributed by atoms with Gasteiger partial charge in [0.25, 0.3) is 0 Å². The van der Waals surface area contributed by atoms with Crippen LogP contribution < -0.4 is 11.1 Å². The number of rotatable bonds is 3. The van der Waals surface area contributed by atoms with E-state index in [-0.39, 0.29) is 5.76 Å². The van der Waals surface area contributed by atoms with E-state index in [0.29, 0.717) is 23.0 Å². The van der Waals surface area contributed by atoms with Crippen LogP contribution in [0, 0.1) is 11.3 Å². The van der Waals surface area contributed by atoms with Gasteiger partial charge in [-0.15, -0.1) is 0 Å². The third-order valence-electron chi connectivity index (χ3n) is 5.23. The summed E-state index contributed by atoms with van der Waals surface area (Å²) < 4.78 is 6.88. The Labute approximate surface area is 125 Å². The van der Waals surface area contributed by atoms with E-state index >= 15 is 0 Å². The van der Waals surface area contributed by atoms with Crippen molar-refractivity contribution in [3.8, 4) is 0 Å². The first kappa shape index (κ1) is 14.4. The van der Waals surface area contributed by atoms with Gasteiger partial charge in [0.15, 0.2) is 5.58 Å². The van der Waals surface area contributed by atoms with Crippen molar-refractivity contribution in [3.05, 3.63) is 34.3 Å². The van der Waals surface area contributed by atoms with Gasteiger partial charge >= 0.3 is 5.76 Å². The fourth-order valence-electron chi connectivity index (χ4n) is 3.92. The highest BCUT2D eigenvalue weighted by molar-refractivity contribution is 5.73. The summed E-state index contributed by atoms with van der Waals surface area (Å²) in [5, 5.41) is 3.48. The number of aryl methyl sites for hydroxylation is 1. The Kier molecular flexibility index (Phi) is 3.44. The molecule has 1 aliphatic carbocycles. The van der Waals surface area contributed by atoms with Gasteiger partial charge in [0.1, 0.15) is 0 Å². The van der Waals surface area contributed by atoms with Crippen LogP contribution in [-0.2, 0) is 7.05 Å². The van der Waals surface area contributed by atoms with Crippen LogP contribution in [0.5, 0.6) is 0 Å². The lowest BCUT2D eigenvalue weighted by molar-refractivity contribution is 0.203. The lowest BCUT2D eigenvalue weighted by Crippen LogP contribution is -2.31. The van der Waals surface area contributed by atoms with E-state index in [0.717, 1.165) is 5.52 Å². The quantitative estimate of drug-likeness (QED) is 0.943. The van der Waals surface area contributed by atoms with Crippen molar-refractivity contribution in [2.75, 3.05) is 7.05 Å². The van der Waals surface area contributed by atoms with Crippen molar-refractivity contribution in [2.45, 2.75) is 39.2 Å². The summed E-state index contributed by atoms with van der Waals surface area (Å²) in [5.74, 6) is 0.305. The Morgan fingerprint density at radius 3 is 2.81 bits per heavy atom. The van der Waals surface area contributed by atoms with Gasteiger partial charge in [-0.2, -0.15) is 0 Å². The highest BCUT2D eigenvalue weighted by Crippen LogP contribution is 2.48. The minimum Gasteiger partial charge on any atom is -0.408 e. The number of oxazole rings is 1. The first-order chi connectivity index (χ1) is 9.94. The molecule has 1 aromatic heterocycles. The molecule has 114 valence electrons. The lowest BCUT2D eigenvalue weighted by atomic mass is 9.75. The fraction of sp³-hybridized carbons (Fsp3) is 0.588. The summed E-state index contributed by atoms with van der Waals surface area (Å²) in [6.45, 7) is 4.71. The van der Waals surface area contributed by atoms with Crippen LogP contribution in [0.3, 0.4) is 0 Å². The molecule has 4 heteroatoms. The molecule has 1 heterocycles. The van der Waals surface area contributed by atoms with Crippen LogP contribution in [0.1, 0.15) is 44.7 Å². The van der Waals surface area contributed by atoms with Crippen LogP contribution in [0.4, 0.5) is 0 Å². The van der Waals surface area contributed by atoms with Crippen molar-refractivity contribution in [1.29, 1.82) is 0 Å². The Morgan fingerprint density at radius 1 is 1.43 bits per heavy atom. The third kappa shape index (κ3) is 2.31. The van der Waals surface area contributed by atoms with Crippen molar-refractivity contribution < 1.29 is 4.42 Å². The lowest BCUT2D eigenvalue weighted by Gasteiger charge is -2.34. The number of benzene rings is 1. The minimum absolute atomic E-state index is 0.302. The molecule has 0 bridgehead atoms. The molecule has 1 N–H and O–H groups in total. The molecule has 0 aliphatic heterocycles. The third-order valence-corrected chi connectivity index (χ3v) is 5.23. The first-order valence-corrected chi connectivity index (χ1v) is 7.71. The van der Waals surface area contributed by atoms with Crippen LogP contribution in [0.2, 0.25) is 0 Å². The second-order valence-electron chi connectivity index (χ2n) is 6.91. The van der Waals surface area contributed by atoms with E-state index < -0.39 is 0 Å². The Morgan fingerprint density at radius 2 is 2.19 bits per heavy atom. The van der Waals surface area contributed by atoms with E-state index in [4.69, 9.17) is 4.42 Å². The molecular formula is C17H24N2O2. The summed E-state index contributed by atoms with van der Waals surface area (Å²) in [4.78, 5) is 11.6. The second kappa shape index (κ2) is 5.02.